The molecule has 0 aliphatic heterocycles. The van der Waals surface area contributed by atoms with Crippen molar-refractivity contribution in [3.05, 3.63) is 63.1 Å². The molecule has 0 unspecified atom stereocenters. The highest BCUT2D eigenvalue weighted by Crippen LogP contribution is 2.33. The van der Waals surface area contributed by atoms with Crippen molar-refractivity contribution in [2.24, 2.45) is 0 Å². The van der Waals surface area contributed by atoms with Crippen LogP contribution in [0.15, 0.2) is 42.5 Å². The molecule has 0 aromatic heterocycles. The lowest BCUT2D eigenvalue weighted by molar-refractivity contribution is 1.14. The lowest BCUT2D eigenvalue weighted by Crippen LogP contribution is -2.28. The number of hydrazine groups is 1. The van der Waals surface area contributed by atoms with E-state index in [0.29, 0.717) is 25.7 Å². The van der Waals surface area contributed by atoms with Gasteiger partial charge in [-0.3, -0.25) is 10.9 Å². The summed E-state index contributed by atoms with van der Waals surface area (Å²) in [6, 6.07) is 12.8. The maximum absolute atomic E-state index is 6.05. The summed E-state index contributed by atoms with van der Waals surface area (Å²) in [5.74, 6) is 0. The molecule has 0 spiro atoms. The summed E-state index contributed by atoms with van der Waals surface area (Å²) in [4.78, 5) is 0.544. The van der Waals surface area contributed by atoms with Crippen LogP contribution in [0.1, 0.15) is 5.56 Å². The van der Waals surface area contributed by atoms with Crippen LogP contribution in [0.4, 0.5) is 5.69 Å². The van der Waals surface area contributed by atoms with Crippen molar-refractivity contribution < 1.29 is 0 Å². The molecule has 2 N–H and O–H groups in total. The second-order valence-electron chi connectivity index (χ2n) is 3.69. The van der Waals surface area contributed by atoms with Gasteiger partial charge in [-0.05, 0) is 12.1 Å². The molecule has 2 rings (SSSR count). The maximum atomic E-state index is 6.05. The number of hydrogen-bond acceptors (Lipinski definition) is 2. The molecule has 0 fully saturated rings. The zero-order valence-electron chi connectivity index (χ0n) is 9.58. The minimum absolute atomic E-state index is 0.417. The lowest BCUT2D eigenvalue weighted by Gasteiger charge is -2.13. The molecule has 0 aliphatic carbocycles. The minimum Gasteiger partial charge on any atom is -0.297 e. The topological polar surface area (TPSA) is 24.1 Å². The third-order valence-electron chi connectivity index (χ3n) is 2.34. The van der Waals surface area contributed by atoms with Crippen LogP contribution < -0.4 is 10.9 Å². The maximum Gasteiger partial charge on any atom is 0.125 e. The summed E-state index contributed by atoms with van der Waals surface area (Å²) < 4.78 is 0. The van der Waals surface area contributed by atoms with Crippen molar-refractivity contribution >= 4 is 57.7 Å². The molecular formula is C13H9Cl3N2S. The number of rotatable bonds is 3. The molecule has 0 saturated carbocycles. The molecule has 2 aromatic carbocycles. The van der Waals surface area contributed by atoms with Crippen molar-refractivity contribution in [3.63, 3.8) is 0 Å². The van der Waals surface area contributed by atoms with Gasteiger partial charge in [-0.15, -0.1) is 0 Å². The summed E-state index contributed by atoms with van der Waals surface area (Å²) in [6.45, 7) is 0. The van der Waals surface area contributed by atoms with E-state index in [2.05, 4.69) is 10.9 Å². The average Bonchev–Trinajstić information content (AvgIpc) is 2.38. The Bertz CT molecular complexity index is 579. The average molecular weight is 332 g/mol. The van der Waals surface area contributed by atoms with E-state index in [1.165, 1.54) is 0 Å². The van der Waals surface area contributed by atoms with Crippen molar-refractivity contribution in [2.45, 2.75) is 0 Å². The first-order chi connectivity index (χ1) is 9.08. The van der Waals surface area contributed by atoms with Gasteiger partial charge in [-0.1, -0.05) is 77.4 Å². The Kier molecular flexibility index (Phi) is 4.88. The van der Waals surface area contributed by atoms with Crippen LogP contribution in [-0.4, -0.2) is 4.99 Å². The fraction of sp³-hybridized carbons (Fsp3) is 0. The Labute approximate surface area is 131 Å². The van der Waals surface area contributed by atoms with Gasteiger partial charge in [0.1, 0.15) is 4.99 Å². The van der Waals surface area contributed by atoms with Crippen LogP contribution in [0.2, 0.25) is 15.1 Å². The zero-order valence-corrected chi connectivity index (χ0v) is 12.7. The van der Waals surface area contributed by atoms with E-state index < -0.39 is 0 Å². The molecule has 0 heterocycles. The van der Waals surface area contributed by atoms with Crippen molar-refractivity contribution in [1.29, 1.82) is 0 Å². The van der Waals surface area contributed by atoms with E-state index in [1.54, 1.807) is 12.1 Å². The van der Waals surface area contributed by atoms with Crippen LogP contribution in [0.3, 0.4) is 0 Å². The van der Waals surface area contributed by atoms with Crippen molar-refractivity contribution in [2.75, 3.05) is 5.43 Å². The normalized spacial score (nSPS) is 10.1. The van der Waals surface area contributed by atoms with Gasteiger partial charge in [0.15, 0.2) is 0 Å². The molecular weight excluding hydrogens is 323 g/mol. The minimum atomic E-state index is 0.417. The van der Waals surface area contributed by atoms with Gasteiger partial charge < -0.3 is 0 Å². The highest BCUT2D eigenvalue weighted by atomic mass is 35.5. The van der Waals surface area contributed by atoms with E-state index in [0.717, 1.165) is 5.56 Å². The Morgan fingerprint density at radius 2 is 1.53 bits per heavy atom. The van der Waals surface area contributed by atoms with Crippen LogP contribution in [0.25, 0.3) is 0 Å². The van der Waals surface area contributed by atoms with Crippen LogP contribution >= 0.6 is 47.0 Å². The standard InChI is InChI=1S/C13H9Cl3N2S/c14-9-6-10(15)12(11(16)7-9)17-18-13(19)8-4-2-1-3-5-8/h1-7,17H,(H,18,19). The first-order valence-corrected chi connectivity index (χ1v) is 6.88. The first kappa shape index (κ1) is 14.4. The molecule has 0 saturated heterocycles. The Hall–Kier alpha value is -1.00. The second-order valence-corrected chi connectivity index (χ2v) is 5.35. The smallest absolute Gasteiger partial charge is 0.125 e. The molecule has 0 amide bonds. The predicted octanol–water partition coefficient (Wildman–Crippen LogP) is 4.94. The molecule has 6 heteroatoms. The van der Waals surface area contributed by atoms with Crippen molar-refractivity contribution in [3.8, 4) is 0 Å². The Morgan fingerprint density at radius 3 is 2.11 bits per heavy atom. The second kappa shape index (κ2) is 6.44. The summed E-state index contributed by atoms with van der Waals surface area (Å²) in [7, 11) is 0. The molecule has 0 aliphatic rings. The SMILES string of the molecule is S=C(NNc1c(Cl)cc(Cl)cc1Cl)c1ccccc1. The number of thiocarbonyl (C=S) groups is 1. The fourth-order valence-corrected chi connectivity index (χ4v) is 2.54. The van der Waals surface area contributed by atoms with Gasteiger partial charge in [0, 0.05) is 10.6 Å². The summed E-state index contributed by atoms with van der Waals surface area (Å²) in [5, 5.41) is 1.31. The summed E-state index contributed by atoms with van der Waals surface area (Å²) >= 11 is 23.2. The first-order valence-electron chi connectivity index (χ1n) is 5.34. The molecule has 2 aromatic rings. The van der Waals surface area contributed by atoms with Gasteiger partial charge in [-0.25, -0.2) is 0 Å². The van der Waals surface area contributed by atoms with Gasteiger partial charge >= 0.3 is 0 Å². The quantitative estimate of drug-likeness (QED) is 0.615. The van der Waals surface area contributed by atoms with Gasteiger partial charge in [0.25, 0.3) is 0 Å². The van der Waals surface area contributed by atoms with E-state index in [4.69, 9.17) is 47.0 Å². The van der Waals surface area contributed by atoms with E-state index in [1.807, 2.05) is 30.3 Å². The molecule has 0 radical (unpaired) electrons. The highest BCUT2D eigenvalue weighted by molar-refractivity contribution is 7.80. The fourth-order valence-electron chi connectivity index (χ4n) is 1.44. The third kappa shape index (κ3) is 3.74. The van der Waals surface area contributed by atoms with Crippen LogP contribution in [0.5, 0.6) is 0 Å². The molecule has 2 nitrogen and oxygen atoms in total. The summed E-state index contributed by atoms with van der Waals surface area (Å²) in [5.41, 5.74) is 7.21. The molecule has 0 atom stereocenters. The van der Waals surface area contributed by atoms with E-state index >= 15 is 0 Å². The molecule has 98 valence electrons. The number of anilines is 1. The van der Waals surface area contributed by atoms with Crippen LogP contribution in [-0.2, 0) is 0 Å². The Balaban J connectivity index is 2.10. The monoisotopic (exact) mass is 330 g/mol. The number of nitrogens with one attached hydrogen (secondary N) is 2. The van der Waals surface area contributed by atoms with Crippen LogP contribution in [0, 0.1) is 0 Å². The van der Waals surface area contributed by atoms with Crippen molar-refractivity contribution in [1.82, 2.24) is 5.43 Å². The van der Waals surface area contributed by atoms with E-state index in [-0.39, 0.29) is 0 Å². The van der Waals surface area contributed by atoms with Gasteiger partial charge in [-0.2, -0.15) is 0 Å². The number of hydrogen-bond donors (Lipinski definition) is 2. The van der Waals surface area contributed by atoms with Gasteiger partial charge in [0.2, 0.25) is 0 Å². The predicted molar refractivity (Wildman–Crippen MR) is 86.4 cm³/mol. The van der Waals surface area contributed by atoms with Gasteiger partial charge in [0.05, 0.1) is 15.7 Å². The summed E-state index contributed by atoms with van der Waals surface area (Å²) in [6.07, 6.45) is 0. The Morgan fingerprint density at radius 1 is 0.947 bits per heavy atom. The van der Waals surface area contributed by atoms with E-state index in [9.17, 15) is 0 Å². The molecule has 0 bridgehead atoms. The largest absolute Gasteiger partial charge is 0.297 e. The third-order valence-corrected chi connectivity index (χ3v) is 3.50. The molecule has 19 heavy (non-hydrogen) atoms. The number of halogens is 3. The zero-order chi connectivity index (χ0) is 13.8. The number of benzene rings is 2. The lowest BCUT2D eigenvalue weighted by atomic mass is 10.2. The highest BCUT2D eigenvalue weighted by Gasteiger charge is 2.08.